The van der Waals surface area contributed by atoms with Crippen LogP contribution in [0.15, 0.2) is 10.7 Å². The van der Waals surface area contributed by atoms with Crippen LogP contribution in [0.5, 0.6) is 0 Å². The Hall–Kier alpha value is -0.500. The highest BCUT2D eigenvalue weighted by Gasteiger charge is 2.17. The third kappa shape index (κ3) is 2.01. The number of rotatable bonds is 3. The highest BCUT2D eigenvalue weighted by atomic mass is 35.5. The van der Waals surface area contributed by atoms with Crippen LogP contribution < -0.4 is 0 Å². The van der Waals surface area contributed by atoms with Gasteiger partial charge in [-0.05, 0) is 12.3 Å². The average Bonchev–Trinajstić information content (AvgIpc) is 2.50. The molecule has 0 saturated carbocycles. The smallest absolute Gasteiger partial charge is 0.212 e. The number of alkyl halides is 1. The average molecular weight is 188 g/mol. The third-order valence-electron chi connectivity index (χ3n) is 1.75. The van der Waals surface area contributed by atoms with Gasteiger partial charge in [0, 0.05) is 0 Å². The van der Waals surface area contributed by atoms with Crippen molar-refractivity contribution in [3.8, 4) is 0 Å². The normalized spacial score (nSPS) is 13.8. The summed E-state index contributed by atoms with van der Waals surface area (Å²) in [4.78, 5) is 4.25. The fraction of sp³-hybridized carbons (Fsp3) is 0.667. The van der Waals surface area contributed by atoms with Crippen LogP contribution in [0.3, 0.4) is 0 Å². The molecular formula is C9H14ClNO. The summed E-state index contributed by atoms with van der Waals surface area (Å²) in [6.07, 6.45) is 2.57. The molecule has 0 unspecified atom stereocenters. The summed E-state index contributed by atoms with van der Waals surface area (Å²) in [5.41, 5.74) is 0.969. The zero-order valence-corrected chi connectivity index (χ0v) is 8.43. The summed E-state index contributed by atoms with van der Waals surface area (Å²) in [6, 6.07) is 0. The van der Waals surface area contributed by atoms with Gasteiger partial charge in [0.05, 0.1) is 5.69 Å². The summed E-state index contributed by atoms with van der Waals surface area (Å²) < 4.78 is 5.24. The second-order valence-corrected chi connectivity index (χ2v) is 3.65. The molecule has 68 valence electrons. The maximum atomic E-state index is 6.06. The van der Waals surface area contributed by atoms with Crippen LogP contribution in [0, 0.1) is 5.92 Å². The van der Waals surface area contributed by atoms with Gasteiger partial charge in [-0.25, -0.2) is 4.98 Å². The number of hydrogen-bond acceptors (Lipinski definition) is 2. The van der Waals surface area contributed by atoms with Gasteiger partial charge in [0.1, 0.15) is 11.6 Å². The minimum absolute atomic E-state index is 0.106. The van der Waals surface area contributed by atoms with E-state index in [9.17, 15) is 0 Å². The first-order valence-corrected chi connectivity index (χ1v) is 4.67. The van der Waals surface area contributed by atoms with Gasteiger partial charge in [-0.3, -0.25) is 0 Å². The van der Waals surface area contributed by atoms with Crippen LogP contribution in [0.1, 0.15) is 37.7 Å². The Balaban J connectivity index is 2.74. The fourth-order valence-corrected chi connectivity index (χ4v) is 0.997. The first-order chi connectivity index (χ1) is 5.65. The molecule has 2 nitrogen and oxygen atoms in total. The van der Waals surface area contributed by atoms with Gasteiger partial charge >= 0.3 is 0 Å². The van der Waals surface area contributed by atoms with E-state index in [0.717, 1.165) is 12.1 Å². The molecule has 0 saturated heterocycles. The van der Waals surface area contributed by atoms with Crippen LogP contribution in [0.4, 0.5) is 0 Å². The third-order valence-corrected chi connectivity index (χ3v) is 2.44. The van der Waals surface area contributed by atoms with Gasteiger partial charge in [0.25, 0.3) is 0 Å². The summed E-state index contributed by atoms with van der Waals surface area (Å²) in [6.45, 7) is 6.14. The SMILES string of the molecule is CCc1coc([C@H](Cl)C(C)C)n1. The maximum Gasteiger partial charge on any atom is 0.212 e. The molecule has 12 heavy (non-hydrogen) atoms. The molecule has 1 aromatic heterocycles. The maximum absolute atomic E-state index is 6.06. The van der Waals surface area contributed by atoms with E-state index in [2.05, 4.69) is 4.98 Å². The van der Waals surface area contributed by atoms with Crippen molar-refractivity contribution in [2.45, 2.75) is 32.6 Å². The van der Waals surface area contributed by atoms with E-state index >= 15 is 0 Å². The van der Waals surface area contributed by atoms with Crippen LogP contribution in [-0.4, -0.2) is 4.98 Å². The molecule has 0 fully saturated rings. The summed E-state index contributed by atoms with van der Waals surface area (Å²) in [5.74, 6) is 0.999. The lowest BCUT2D eigenvalue weighted by atomic mass is 10.1. The van der Waals surface area contributed by atoms with Gasteiger partial charge in [-0.15, -0.1) is 11.6 Å². The van der Waals surface area contributed by atoms with Crippen molar-refractivity contribution in [2.75, 3.05) is 0 Å². The largest absolute Gasteiger partial charge is 0.447 e. The second-order valence-electron chi connectivity index (χ2n) is 3.18. The predicted molar refractivity (Wildman–Crippen MR) is 49.3 cm³/mol. The van der Waals surface area contributed by atoms with E-state index in [1.54, 1.807) is 6.26 Å². The Morgan fingerprint density at radius 2 is 2.25 bits per heavy atom. The Morgan fingerprint density at radius 1 is 1.58 bits per heavy atom. The second kappa shape index (κ2) is 3.94. The lowest BCUT2D eigenvalue weighted by Crippen LogP contribution is -1.99. The van der Waals surface area contributed by atoms with E-state index in [4.69, 9.17) is 16.0 Å². The molecule has 3 heteroatoms. The zero-order valence-electron chi connectivity index (χ0n) is 7.67. The molecular weight excluding hydrogens is 174 g/mol. The highest BCUT2D eigenvalue weighted by Crippen LogP contribution is 2.27. The first-order valence-electron chi connectivity index (χ1n) is 4.23. The molecule has 0 radical (unpaired) electrons. The van der Waals surface area contributed by atoms with Gasteiger partial charge in [0.2, 0.25) is 5.89 Å². The molecule has 0 aliphatic heterocycles. The number of aromatic nitrogens is 1. The van der Waals surface area contributed by atoms with Crippen molar-refractivity contribution in [1.82, 2.24) is 4.98 Å². The van der Waals surface area contributed by atoms with Gasteiger partial charge < -0.3 is 4.42 Å². The van der Waals surface area contributed by atoms with E-state index in [0.29, 0.717) is 11.8 Å². The first kappa shape index (κ1) is 9.59. The van der Waals surface area contributed by atoms with Gasteiger partial charge in [-0.2, -0.15) is 0 Å². The molecule has 0 amide bonds. The number of nitrogens with zero attached hydrogens (tertiary/aromatic N) is 1. The molecule has 1 rings (SSSR count). The fourth-order valence-electron chi connectivity index (χ4n) is 0.897. The van der Waals surface area contributed by atoms with Crippen molar-refractivity contribution >= 4 is 11.6 Å². The van der Waals surface area contributed by atoms with Gasteiger partial charge in [-0.1, -0.05) is 20.8 Å². The number of oxazole rings is 1. The summed E-state index contributed by atoms with van der Waals surface area (Å²) in [7, 11) is 0. The molecule has 1 aromatic rings. The molecule has 0 spiro atoms. The predicted octanol–water partition coefficient (Wildman–Crippen LogP) is 3.17. The zero-order chi connectivity index (χ0) is 9.14. The summed E-state index contributed by atoms with van der Waals surface area (Å²) in [5, 5.41) is -0.106. The Morgan fingerprint density at radius 3 is 2.67 bits per heavy atom. The standard InChI is InChI=1S/C9H14ClNO/c1-4-7-5-12-9(11-7)8(10)6(2)3/h5-6,8H,4H2,1-3H3/t8-/m1/s1. The van der Waals surface area contributed by atoms with E-state index in [-0.39, 0.29) is 5.38 Å². The Kier molecular flexibility index (Phi) is 3.15. The molecule has 1 atom stereocenters. The van der Waals surface area contributed by atoms with E-state index in [1.165, 1.54) is 0 Å². The minimum atomic E-state index is -0.106. The lowest BCUT2D eigenvalue weighted by molar-refractivity contribution is 0.446. The quantitative estimate of drug-likeness (QED) is 0.680. The topological polar surface area (TPSA) is 26.0 Å². The minimum Gasteiger partial charge on any atom is -0.447 e. The highest BCUT2D eigenvalue weighted by molar-refractivity contribution is 6.20. The molecule has 0 aromatic carbocycles. The molecule has 0 N–H and O–H groups in total. The number of aryl methyl sites for hydroxylation is 1. The number of hydrogen-bond donors (Lipinski definition) is 0. The molecule has 1 heterocycles. The Bertz CT molecular complexity index is 244. The van der Waals surface area contributed by atoms with Crippen LogP contribution in [0.2, 0.25) is 0 Å². The lowest BCUT2D eigenvalue weighted by Gasteiger charge is -2.07. The van der Waals surface area contributed by atoms with Crippen molar-refractivity contribution in [3.05, 3.63) is 17.8 Å². The molecule has 0 bridgehead atoms. The molecule has 0 aliphatic carbocycles. The molecule has 0 aliphatic rings. The van der Waals surface area contributed by atoms with Crippen molar-refractivity contribution < 1.29 is 4.42 Å². The monoisotopic (exact) mass is 187 g/mol. The van der Waals surface area contributed by atoms with Crippen LogP contribution in [-0.2, 0) is 6.42 Å². The van der Waals surface area contributed by atoms with E-state index in [1.807, 2.05) is 20.8 Å². The van der Waals surface area contributed by atoms with E-state index < -0.39 is 0 Å². The van der Waals surface area contributed by atoms with Crippen LogP contribution in [0.25, 0.3) is 0 Å². The Labute approximate surface area is 77.9 Å². The van der Waals surface area contributed by atoms with Crippen molar-refractivity contribution in [1.29, 1.82) is 0 Å². The number of halogens is 1. The van der Waals surface area contributed by atoms with Crippen molar-refractivity contribution in [2.24, 2.45) is 5.92 Å². The van der Waals surface area contributed by atoms with Crippen molar-refractivity contribution in [3.63, 3.8) is 0 Å². The van der Waals surface area contributed by atoms with Gasteiger partial charge in [0.15, 0.2) is 0 Å². The van der Waals surface area contributed by atoms with Crippen LogP contribution >= 0.6 is 11.6 Å². The summed E-state index contributed by atoms with van der Waals surface area (Å²) >= 11 is 6.06.